The Balaban J connectivity index is 1.75. The van der Waals surface area contributed by atoms with Crippen molar-refractivity contribution in [2.75, 3.05) is 6.61 Å². The van der Waals surface area contributed by atoms with Gasteiger partial charge in [0, 0.05) is 31.1 Å². The van der Waals surface area contributed by atoms with Crippen molar-refractivity contribution >= 4 is 11.8 Å². The maximum absolute atomic E-state index is 12.3. The predicted molar refractivity (Wildman–Crippen MR) is 93.4 cm³/mol. The van der Waals surface area contributed by atoms with E-state index in [1.54, 1.807) is 0 Å². The third-order valence-electron chi connectivity index (χ3n) is 5.21. The molecule has 1 aliphatic heterocycles. The molecule has 1 saturated carbocycles. The van der Waals surface area contributed by atoms with Crippen LogP contribution in [0.3, 0.4) is 0 Å². The first-order chi connectivity index (χ1) is 11.7. The summed E-state index contributed by atoms with van der Waals surface area (Å²) in [4.78, 5) is 23.7. The summed E-state index contributed by atoms with van der Waals surface area (Å²) in [5, 5.41) is 0. The molecule has 1 aliphatic carbocycles. The Hall–Kier alpha value is -1.32. The summed E-state index contributed by atoms with van der Waals surface area (Å²) in [6.07, 6.45) is 11.5. The lowest BCUT2D eigenvalue weighted by Gasteiger charge is -2.29. The van der Waals surface area contributed by atoms with Gasteiger partial charge in [-0.25, -0.2) is 0 Å². The van der Waals surface area contributed by atoms with Crippen molar-refractivity contribution in [2.24, 2.45) is 11.8 Å². The van der Waals surface area contributed by atoms with E-state index in [1.165, 1.54) is 19.3 Å². The molecular formula is C20H32O4. The van der Waals surface area contributed by atoms with Gasteiger partial charge in [-0.15, -0.1) is 0 Å². The Kier molecular flexibility index (Phi) is 7.80. The van der Waals surface area contributed by atoms with Crippen LogP contribution in [-0.4, -0.2) is 24.5 Å². The number of esters is 1. The van der Waals surface area contributed by atoms with Gasteiger partial charge in [-0.3, -0.25) is 9.59 Å². The van der Waals surface area contributed by atoms with E-state index in [0.29, 0.717) is 31.1 Å². The van der Waals surface area contributed by atoms with Gasteiger partial charge in [0.05, 0.1) is 12.4 Å². The summed E-state index contributed by atoms with van der Waals surface area (Å²) in [6, 6.07) is 0. The highest BCUT2D eigenvalue weighted by Crippen LogP contribution is 2.41. The van der Waals surface area contributed by atoms with Crippen molar-refractivity contribution in [1.82, 2.24) is 0 Å². The molecule has 0 spiro atoms. The van der Waals surface area contributed by atoms with Crippen LogP contribution in [0.5, 0.6) is 0 Å². The Morgan fingerprint density at radius 1 is 1.25 bits per heavy atom. The minimum absolute atomic E-state index is 0.0918. The van der Waals surface area contributed by atoms with Gasteiger partial charge in [-0.1, -0.05) is 26.2 Å². The number of carbonyl (C=O) groups excluding carboxylic acids is 2. The van der Waals surface area contributed by atoms with Crippen LogP contribution in [0, 0.1) is 11.8 Å². The van der Waals surface area contributed by atoms with E-state index in [2.05, 4.69) is 13.0 Å². The zero-order valence-electron chi connectivity index (χ0n) is 15.2. The van der Waals surface area contributed by atoms with Gasteiger partial charge in [0.15, 0.2) is 0 Å². The summed E-state index contributed by atoms with van der Waals surface area (Å²) in [5.41, 5.74) is 0. The number of unbranched alkanes of at least 4 members (excludes halogenated alkanes) is 3. The third kappa shape index (κ3) is 5.35. The number of rotatable bonds is 10. The quantitative estimate of drug-likeness (QED) is 0.433. The van der Waals surface area contributed by atoms with Gasteiger partial charge in [-0.2, -0.15) is 0 Å². The van der Waals surface area contributed by atoms with E-state index < -0.39 is 0 Å². The molecule has 3 atom stereocenters. The summed E-state index contributed by atoms with van der Waals surface area (Å²) >= 11 is 0. The van der Waals surface area contributed by atoms with Crippen molar-refractivity contribution in [3.8, 4) is 0 Å². The van der Waals surface area contributed by atoms with E-state index in [4.69, 9.17) is 9.47 Å². The molecular weight excluding hydrogens is 304 g/mol. The molecule has 4 heteroatoms. The lowest BCUT2D eigenvalue weighted by atomic mass is 9.85. The average Bonchev–Trinajstić information content (AvgIpc) is 2.87. The Bertz CT molecular complexity index is 455. The van der Waals surface area contributed by atoms with Crippen LogP contribution in [0.1, 0.15) is 78.1 Å². The zero-order chi connectivity index (χ0) is 17.4. The van der Waals surface area contributed by atoms with Crippen molar-refractivity contribution in [2.45, 2.75) is 84.2 Å². The number of Topliss-reactive ketones (excluding diaryl/α,β-unsaturated/α-hetero) is 1. The second-order valence-corrected chi connectivity index (χ2v) is 7.01. The van der Waals surface area contributed by atoms with Gasteiger partial charge in [-0.05, 0) is 38.7 Å². The smallest absolute Gasteiger partial charge is 0.305 e. The van der Waals surface area contributed by atoms with E-state index in [0.717, 1.165) is 37.9 Å². The van der Waals surface area contributed by atoms with Gasteiger partial charge >= 0.3 is 5.97 Å². The first-order valence-corrected chi connectivity index (χ1v) is 9.69. The molecule has 2 rings (SSSR count). The Morgan fingerprint density at radius 2 is 2.08 bits per heavy atom. The number of ketones is 1. The van der Waals surface area contributed by atoms with Crippen LogP contribution in [0.2, 0.25) is 0 Å². The molecule has 1 heterocycles. The van der Waals surface area contributed by atoms with E-state index >= 15 is 0 Å². The SMILES string of the molecule is CCCCCC1=CCC2C(CC(=O)C2CCCCC(=O)OCC)O1. The van der Waals surface area contributed by atoms with Crippen molar-refractivity contribution in [3.63, 3.8) is 0 Å². The summed E-state index contributed by atoms with van der Waals surface area (Å²) in [5.74, 6) is 1.78. The molecule has 0 radical (unpaired) electrons. The molecule has 2 aliphatic rings. The fraction of sp³-hybridized carbons (Fsp3) is 0.800. The van der Waals surface area contributed by atoms with Gasteiger partial charge in [0.25, 0.3) is 0 Å². The molecule has 0 aromatic heterocycles. The van der Waals surface area contributed by atoms with Crippen LogP contribution in [0.4, 0.5) is 0 Å². The highest BCUT2D eigenvalue weighted by molar-refractivity contribution is 5.84. The molecule has 0 amide bonds. The Morgan fingerprint density at radius 3 is 2.83 bits per heavy atom. The van der Waals surface area contributed by atoms with Crippen molar-refractivity contribution < 1.29 is 19.1 Å². The number of ether oxygens (including phenoxy) is 2. The van der Waals surface area contributed by atoms with E-state index in [1.807, 2.05) is 6.92 Å². The van der Waals surface area contributed by atoms with Gasteiger partial charge in [0.2, 0.25) is 0 Å². The molecule has 0 bridgehead atoms. The predicted octanol–water partition coefficient (Wildman–Crippen LogP) is 4.57. The molecule has 24 heavy (non-hydrogen) atoms. The summed E-state index contributed by atoms with van der Waals surface area (Å²) < 4.78 is 11.0. The van der Waals surface area contributed by atoms with Crippen LogP contribution in [0.25, 0.3) is 0 Å². The minimum atomic E-state index is -0.131. The molecule has 0 N–H and O–H groups in total. The number of allylic oxidation sites excluding steroid dienone is 2. The lowest BCUT2D eigenvalue weighted by Crippen LogP contribution is -2.26. The maximum Gasteiger partial charge on any atom is 0.305 e. The number of hydrogen-bond acceptors (Lipinski definition) is 4. The first kappa shape index (κ1) is 19.0. The topological polar surface area (TPSA) is 52.6 Å². The second kappa shape index (κ2) is 9.85. The number of hydrogen-bond donors (Lipinski definition) is 0. The number of fused-ring (bicyclic) bond motifs is 1. The number of carbonyl (C=O) groups is 2. The van der Waals surface area contributed by atoms with Crippen LogP contribution < -0.4 is 0 Å². The average molecular weight is 336 g/mol. The van der Waals surface area contributed by atoms with Crippen LogP contribution >= 0.6 is 0 Å². The fourth-order valence-corrected chi connectivity index (χ4v) is 3.91. The lowest BCUT2D eigenvalue weighted by molar-refractivity contribution is -0.143. The standard InChI is InChI=1S/C20H32O4/c1-3-5-6-9-15-12-13-17-16(18(21)14-19(17)24-15)10-7-8-11-20(22)23-4-2/h12,16-17,19H,3-11,13-14H2,1-2H3. The molecule has 0 aromatic carbocycles. The van der Waals surface area contributed by atoms with E-state index in [9.17, 15) is 9.59 Å². The van der Waals surface area contributed by atoms with E-state index in [-0.39, 0.29) is 18.0 Å². The normalized spacial score (nSPS) is 25.8. The summed E-state index contributed by atoms with van der Waals surface area (Å²) in [6.45, 7) is 4.46. The largest absolute Gasteiger partial charge is 0.494 e. The maximum atomic E-state index is 12.3. The minimum Gasteiger partial charge on any atom is -0.494 e. The molecule has 0 aromatic rings. The van der Waals surface area contributed by atoms with Crippen molar-refractivity contribution in [3.05, 3.63) is 11.8 Å². The fourth-order valence-electron chi connectivity index (χ4n) is 3.91. The molecule has 4 nitrogen and oxygen atoms in total. The van der Waals surface area contributed by atoms with Crippen molar-refractivity contribution in [1.29, 1.82) is 0 Å². The molecule has 136 valence electrons. The Labute approximate surface area is 146 Å². The van der Waals surface area contributed by atoms with Gasteiger partial charge in [0.1, 0.15) is 11.9 Å². The third-order valence-corrected chi connectivity index (χ3v) is 5.21. The molecule has 0 saturated heterocycles. The van der Waals surface area contributed by atoms with Crippen LogP contribution in [-0.2, 0) is 19.1 Å². The van der Waals surface area contributed by atoms with Gasteiger partial charge < -0.3 is 9.47 Å². The monoisotopic (exact) mass is 336 g/mol. The zero-order valence-corrected chi connectivity index (χ0v) is 15.2. The second-order valence-electron chi connectivity index (χ2n) is 7.01. The molecule has 3 unspecified atom stereocenters. The van der Waals surface area contributed by atoms with Crippen LogP contribution in [0.15, 0.2) is 11.8 Å². The molecule has 1 fully saturated rings. The highest BCUT2D eigenvalue weighted by Gasteiger charge is 2.44. The first-order valence-electron chi connectivity index (χ1n) is 9.69. The summed E-state index contributed by atoms with van der Waals surface area (Å²) in [7, 11) is 0. The highest BCUT2D eigenvalue weighted by atomic mass is 16.5.